The smallest absolute Gasteiger partial charge is 0.224 e. The van der Waals surface area contributed by atoms with Crippen molar-refractivity contribution in [2.75, 3.05) is 0 Å². The Morgan fingerprint density at radius 1 is 0.881 bits per heavy atom. The summed E-state index contributed by atoms with van der Waals surface area (Å²) in [7, 11) is 0. The first kappa shape index (κ1) is 34.4. The Bertz CT molecular complexity index is 1280. The molecular formula is C34H44N2O6. The fraction of sp³-hybridized carbons (Fsp3) is 0.500. The van der Waals surface area contributed by atoms with Gasteiger partial charge in [0.05, 0.1) is 12.0 Å². The number of nitrogens with zero attached hydrogens (tertiary/aromatic N) is 1. The Hall–Kier alpha value is -3.81. The lowest BCUT2D eigenvalue weighted by Crippen LogP contribution is -2.46. The molecule has 1 aromatic heterocycles. The zero-order valence-corrected chi connectivity index (χ0v) is 25.9. The maximum Gasteiger partial charge on any atom is 0.224 e. The lowest BCUT2D eigenvalue weighted by molar-refractivity contribution is -0.141. The van der Waals surface area contributed by atoms with Gasteiger partial charge < -0.3 is 5.32 Å². The summed E-state index contributed by atoms with van der Waals surface area (Å²) in [6.45, 7) is 12.2. The molecule has 1 aromatic carbocycles. The van der Waals surface area contributed by atoms with Crippen molar-refractivity contribution in [3.8, 4) is 0 Å². The number of ketones is 5. The van der Waals surface area contributed by atoms with E-state index in [-0.39, 0.29) is 49.0 Å². The van der Waals surface area contributed by atoms with E-state index in [1.54, 1.807) is 32.9 Å². The van der Waals surface area contributed by atoms with Crippen LogP contribution in [0.3, 0.4) is 0 Å². The third-order valence-electron chi connectivity index (χ3n) is 7.49. The van der Waals surface area contributed by atoms with Gasteiger partial charge in [-0.3, -0.25) is 33.8 Å². The number of nitrogens with one attached hydrogen (secondary N) is 1. The summed E-state index contributed by atoms with van der Waals surface area (Å²) >= 11 is 0. The summed E-state index contributed by atoms with van der Waals surface area (Å²) in [5.74, 6) is -3.91. The molecule has 1 N–H and O–H groups in total. The third kappa shape index (κ3) is 10.5. The van der Waals surface area contributed by atoms with Crippen LogP contribution in [0.2, 0.25) is 0 Å². The van der Waals surface area contributed by atoms with Gasteiger partial charge in [-0.1, -0.05) is 65.0 Å². The number of carbonyl (C=O) groups is 6. The molecular weight excluding hydrogens is 532 g/mol. The summed E-state index contributed by atoms with van der Waals surface area (Å²) in [6.07, 6.45) is 1.86. The van der Waals surface area contributed by atoms with Crippen molar-refractivity contribution >= 4 is 34.8 Å². The number of benzene rings is 1. The molecule has 226 valence electrons. The van der Waals surface area contributed by atoms with Crippen LogP contribution in [0.4, 0.5) is 0 Å². The fourth-order valence-electron chi connectivity index (χ4n) is 4.70. The standard InChI is InChI=1S/C34H44N2O6/c1-21(2)27(32(41)29(38)16-13-24-11-9-8-10-12-24)18-30(39)23(4)36-33(42)28(34(5,6)7)19-31(40)25-14-15-26(35-20-25)17-22(3)37/h8-12,14-15,20-21,23,27-28H,13,16-19H2,1-7H3,(H,36,42)/t23-,27-,28+/m0/s1. The van der Waals surface area contributed by atoms with E-state index in [0.29, 0.717) is 17.7 Å². The van der Waals surface area contributed by atoms with Crippen molar-refractivity contribution < 1.29 is 28.8 Å². The minimum absolute atomic E-state index is 0.0338. The van der Waals surface area contributed by atoms with E-state index in [1.165, 1.54) is 13.1 Å². The zero-order valence-electron chi connectivity index (χ0n) is 25.9. The number of carbonyl (C=O) groups excluding carboxylic acids is 6. The first-order valence-electron chi connectivity index (χ1n) is 14.5. The van der Waals surface area contributed by atoms with Crippen LogP contribution < -0.4 is 5.32 Å². The molecule has 42 heavy (non-hydrogen) atoms. The van der Waals surface area contributed by atoms with Crippen molar-refractivity contribution in [3.63, 3.8) is 0 Å². The van der Waals surface area contributed by atoms with Gasteiger partial charge in [0.1, 0.15) is 5.78 Å². The molecule has 1 heterocycles. The van der Waals surface area contributed by atoms with Crippen LogP contribution in [0.25, 0.3) is 0 Å². The highest BCUT2D eigenvalue weighted by Crippen LogP contribution is 2.30. The molecule has 1 amide bonds. The van der Waals surface area contributed by atoms with Crippen molar-refractivity contribution in [1.82, 2.24) is 10.3 Å². The second kappa shape index (κ2) is 15.4. The number of hydrogen-bond acceptors (Lipinski definition) is 7. The number of pyridine rings is 1. The van der Waals surface area contributed by atoms with Gasteiger partial charge in [-0.2, -0.15) is 0 Å². The number of Topliss-reactive ketones (excluding diaryl/α,β-unsaturated/α-hetero) is 5. The van der Waals surface area contributed by atoms with E-state index in [2.05, 4.69) is 10.3 Å². The van der Waals surface area contributed by atoms with Crippen molar-refractivity contribution in [3.05, 3.63) is 65.5 Å². The zero-order chi connectivity index (χ0) is 31.6. The molecule has 0 radical (unpaired) electrons. The molecule has 3 atom stereocenters. The molecule has 0 spiro atoms. The highest BCUT2D eigenvalue weighted by molar-refractivity contribution is 6.38. The van der Waals surface area contributed by atoms with E-state index in [0.717, 1.165) is 5.56 Å². The second-order valence-corrected chi connectivity index (χ2v) is 12.5. The van der Waals surface area contributed by atoms with Crippen LogP contribution in [0, 0.1) is 23.2 Å². The Morgan fingerprint density at radius 3 is 2.05 bits per heavy atom. The van der Waals surface area contributed by atoms with Gasteiger partial charge in [0.15, 0.2) is 17.3 Å². The van der Waals surface area contributed by atoms with Crippen molar-refractivity contribution in [2.24, 2.45) is 23.2 Å². The van der Waals surface area contributed by atoms with Gasteiger partial charge in [-0.25, -0.2) is 0 Å². The Balaban J connectivity index is 2.04. The summed E-state index contributed by atoms with van der Waals surface area (Å²) in [5.41, 5.74) is 1.27. The Morgan fingerprint density at radius 2 is 1.52 bits per heavy atom. The average molecular weight is 577 g/mol. The molecule has 8 heteroatoms. The maximum atomic E-state index is 13.3. The molecule has 2 aromatic rings. The number of aryl methyl sites for hydroxylation is 1. The summed E-state index contributed by atoms with van der Waals surface area (Å²) in [6, 6.07) is 11.7. The summed E-state index contributed by atoms with van der Waals surface area (Å²) in [4.78, 5) is 80.7. The maximum absolute atomic E-state index is 13.3. The van der Waals surface area contributed by atoms with Crippen LogP contribution in [0.5, 0.6) is 0 Å². The van der Waals surface area contributed by atoms with E-state index >= 15 is 0 Å². The van der Waals surface area contributed by atoms with E-state index in [4.69, 9.17) is 0 Å². The first-order chi connectivity index (χ1) is 19.6. The van der Waals surface area contributed by atoms with Crippen molar-refractivity contribution in [1.29, 1.82) is 0 Å². The van der Waals surface area contributed by atoms with Gasteiger partial charge in [0, 0.05) is 49.1 Å². The number of rotatable bonds is 16. The van der Waals surface area contributed by atoms with E-state index in [9.17, 15) is 28.8 Å². The topological polar surface area (TPSA) is 127 Å². The Labute approximate surface area is 249 Å². The molecule has 0 aliphatic rings. The fourth-order valence-corrected chi connectivity index (χ4v) is 4.70. The number of amides is 1. The van der Waals surface area contributed by atoms with Crippen LogP contribution in [0.1, 0.15) is 89.3 Å². The lowest BCUT2D eigenvalue weighted by Gasteiger charge is -2.30. The number of hydrogen-bond donors (Lipinski definition) is 1. The van der Waals surface area contributed by atoms with Crippen molar-refractivity contribution in [2.45, 2.75) is 86.6 Å². The van der Waals surface area contributed by atoms with Crippen LogP contribution in [0.15, 0.2) is 48.7 Å². The highest BCUT2D eigenvalue weighted by Gasteiger charge is 2.36. The number of aromatic nitrogens is 1. The van der Waals surface area contributed by atoms with Gasteiger partial charge in [-0.05, 0) is 49.3 Å². The summed E-state index contributed by atoms with van der Waals surface area (Å²) < 4.78 is 0. The lowest BCUT2D eigenvalue weighted by atomic mass is 9.76. The molecule has 0 unspecified atom stereocenters. The quantitative estimate of drug-likeness (QED) is 0.221. The molecule has 0 saturated heterocycles. The van der Waals surface area contributed by atoms with Crippen LogP contribution in [-0.2, 0) is 36.8 Å². The SMILES string of the molecule is CC(=O)Cc1ccc(C(=O)C[C@H](C(=O)N[C@@H](C)C(=O)C[C@H](C(=O)C(=O)CCc2ccccc2)C(C)C)C(C)(C)C)cn1. The van der Waals surface area contributed by atoms with Crippen LogP contribution >= 0.6 is 0 Å². The molecule has 0 aliphatic carbocycles. The minimum atomic E-state index is -0.904. The molecule has 8 nitrogen and oxygen atoms in total. The predicted octanol–water partition coefficient (Wildman–Crippen LogP) is 4.96. The molecule has 0 saturated carbocycles. The monoisotopic (exact) mass is 576 g/mol. The molecule has 0 aliphatic heterocycles. The van der Waals surface area contributed by atoms with Gasteiger partial charge >= 0.3 is 0 Å². The van der Waals surface area contributed by atoms with E-state index < -0.39 is 40.8 Å². The molecule has 2 rings (SSSR count). The van der Waals surface area contributed by atoms with Crippen LogP contribution in [-0.4, -0.2) is 45.8 Å². The van der Waals surface area contributed by atoms with E-state index in [1.807, 2.05) is 51.1 Å². The Kier molecular flexibility index (Phi) is 12.6. The average Bonchev–Trinajstić information content (AvgIpc) is 2.92. The first-order valence-corrected chi connectivity index (χ1v) is 14.5. The summed E-state index contributed by atoms with van der Waals surface area (Å²) in [5, 5.41) is 2.74. The molecule has 0 fully saturated rings. The second-order valence-electron chi connectivity index (χ2n) is 12.5. The normalized spacial score (nSPS) is 13.6. The largest absolute Gasteiger partial charge is 0.346 e. The predicted molar refractivity (Wildman–Crippen MR) is 161 cm³/mol. The van der Waals surface area contributed by atoms with Gasteiger partial charge in [0.2, 0.25) is 11.7 Å². The van der Waals surface area contributed by atoms with Gasteiger partial charge in [-0.15, -0.1) is 0 Å². The third-order valence-corrected chi connectivity index (χ3v) is 7.49. The minimum Gasteiger partial charge on any atom is -0.346 e. The van der Waals surface area contributed by atoms with Gasteiger partial charge in [0.25, 0.3) is 0 Å². The molecule has 0 bridgehead atoms. The highest BCUT2D eigenvalue weighted by atomic mass is 16.2.